The number of nitrogens with zero attached hydrogens (tertiary/aromatic N) is 1. The maximum absolute atomic E-state index is 12.4. The Morgan fingerprint density at radius 3 is 2.62 bits per heavy atom. The molecule has 16 heavy (non-hydrogen) atoms. The third kappa shape index (κ3) is 1.71. The summed E-state index contributed by atoms with van der Waals surface area (Å²) < 4.78 is 37.1. The van der Waals surface area contributed by atoms with E-state index in [1.54, 1.807) is 0 Å². The molecule has 0 aliphatic heterocycles. The third-order valence-corrected chi connectivity index (χ3v) is 2.04. The summed E-state index contributed by atoms with van der Waals surface area (Å²) in [4.78, 5) is 16.9. The molecule has 0 spiro atoms. The quantitative estimate of drug-likeness (QED) is 0.780. The molecule has 0 saturated heterocycles. The fourth-order valence-corrected chi connectivity index (χ4v) is 1.30. The second kappa shape index (κ2) is 3.22. The molecule has 84 valence electrons. The van der Waals surface area contributed by atoms with Gasteiger partial charge in [-0.3, -0.25) is 4.79 Å². The number of fused-ring (bicyclic) bond motifs is 1. The minimum absolute atomic E-state index is 0.0589. The van der Waals surface area contributed by atoms with E-state index in [1.807, 2.05) is 0 Å². The van der Waals surface area contributed by atoms with Crippen molar-refractivity contribution in [3.63, 3.8) is 0 Å². The molecular formula is C9H6F3N3O. The molecule has 1 aromatic heterocycles. The summed E-state index contributed by atoms with van der Waals surface area (Å²) >= 11 is 0. The van der Waals surface area contributed by atoms with Crippen LogP contribution >= 0.6 is 0 Å². The van der Waals surface area contributed by atoms with Crippen molar-refractivity contribution in [2.75, 3.05) is 0 Å². The van der Waals surface area contributed by atoms with Gasteiger partial charge in [0.2, 0.25) is 0 Å². The minimum Gasteiger partial charge on any atom is -0.363 e. The summed E-state index contributed by atoms with van der Waals surface area (Å²) in [5, 5.41) is 0. The van der Waals surface area contributed by atoms with Gasteiger partial charge in [-0.2, -0.15) is 13.2 Å². The lowest BCUT2D eigenvalue weighted by Gasteiger charge is -2.04. The second-order valence-electron chi connectivity index (χ2n) is 3.18. The van der Waals surface area contributed by atoms with Gasteiger partial charge >= 0.3 is 6.18 Å². The number of nitrogens with one attached hydrogen (secondary N) is 1. The fraction of sp³-hybridized carbons (Fsp3) is 0.111. The number of amides is 1. The van der Waals surface area contributed by atoms with E-state index in [0.29, 0.717) is 5.52 Å². The Labute approximate surface area is 87.3 Å². The van der Waals surface area contributed by atoms with E-state index in [1.165, 1.54) is 6.07 Å². The van der Waals surface area contributed by atoms with Gasteiger partial charge < -0.3 is 10.7 Å². The van der Waals surface area contributed by atoms with Crippen molar-refractivity contribution in [2.45, 2.75) is 6.18 Å². The normalized spacial score (nSPS) is 11.9. The summed E-state index contributed by atoms with van der Waals surface area (Å²) in [6, 6.07) is 2.97. The SMILES string of the molecule is NC(=O)c1nc2cc(C(F)(F)F)ccc2[nH]1. The summed E-state index contributed by atoms with van der Waals surface area (Å²) in [5.74, 6) is -0.973. The molecule has 1 aromatic carbocycles. The van der Waals surface area contributed by atoms with Crippen molar-refractivity contribution in [2.24, 2.45) is 5.73 Å². The summed E-state index contributed by atoms with van der Waals surface area (Å²) in [6.45, 7) is 0. The lowest BCUT2D eigenvalue weighted by Crippen LogP contribution is -2.12. The van der Waals surface area contributed by atoms with E-state index in [2.05, 4.69) is 9.97 Å². The second-order valence-corrected chi connectivity index (χ2v) is 3.18. The zero-order valence-electron chi connectivity index (χ0n) is 7.80. The van der Waals surface area contributed by atoms with Crippen LogP contribution in [-0.4, -0.2) is 15.9 Å². The first kappa shape index (κ1) is 10.5. The van der Waals surface area contributed by atoms with E-state index in [4.69, 9.17) is 5.73 Å². The van der Waals surface area contributed by atoms with Crippen molar-refractivity contribution in [1.29, 1.82) is 0 Å². The van der Waals surface area contributed by atoms with Crippen LogP contribution < -0.4 is 5.73 Å². The Kier molecular flexibility index (Phi) is 2.11. The number of aromatic amines is 1. The molecule has 1 amide bonds. The van der Waals surface area contributed by atoms with Crippen LogP contribution in [0.5, 0.6) is 0 Å². The van der Waals surface area contributed by atoms with Crippen LogP contribution in [0.15, 0.2) is 18.2 Å². The van der Waals surface area contributed by atoms with Crippen LogP contribution in [0.25, 0.3) is 11.0 Å². The highest BCUT2D eigenvalue weighted by Crippen LogP contribution is 2.30. The minimum atomic E-state index is -4.43. The maximum Gasteiger partial charge on any atom is 0.416 e. The van der Waals surface area contributed by atoms with Crippen LogP contribution in [0.3, 0.4) is 0 Å². The molecule has 0 saturated carbocycles. The topological polar surface area (TPSA) is 71.8 Å². The summed E-state index contributed by atoms with van der Waals surface area (Å²) in [6.07, 6.45) is -4.43. The lowest BCUT2D eigenvalue weighted by atomic mass is 10.2. The van der Waals surface area contributed by atoms with Crippen LogP contribution in [0.4, 0.5) is 13.2 Å². The highest BCUT2D eigenvalue weighted by molar-refractivity contribution is 5.93. The first-order chi connectivity index (χ1) is 7.38. The Morgan fingerprint density at radius 2 is 2.06 bits per heavy atom. The molecule has 2 aromatic rings. The Morgan fingerprint density at radius 1 is 1.38 bits per heavy atom. The van der Waals surface area contributed by atoms with Gasteiger partial charge in [0, 0.05) is 0 Å². The number of halogens is 3. The number of nitrogens with two attached hydrogens (primary N) is 1. The number of carbonyl (C=O) groups is 1. The number of H-pyrrole nitrogens is 1. The third-order valence-electron chi connectivity index (χ3n) is 2.04. The van der Waals surface area contributed by atoms with E-state index in [9.17, 15) is 18.0 Å². The van der Waals surface area contributed by atoms with Crippen molar-refractivity contribution in [1.82, 2.24) is 9.97 Å². The Balaban J connectivity index is 2.58. The van der Waals surface area contributed by atoms with Gasteiger partial charge in [0.05, 0.1) is 16.6 Å². The molecule has 3 N–H and O–H groups in total. The van der Waals surface area contributed by atoms with Crippen LogP contribution in [0.1, 0.15) is 16.2 Å². The fourth-order valence-electron chi connectivity index (χ4n) is 1.30. The number of alkyl halides is 3. The highest BCUT2D eigenvalue weighted by Gasteiger charge is 2.30. The molecule has 2 rings (SSSR count). The molecule has 1 heterocycles. The number of hydrogen-bond donors (Lipinski definition) is 2. The molecule has 4 nitrogen and oxygen atoms in total. The number of aromatic nitrogens is 2. The largest absolute Gasteiger partial charge is 0.416 e. The van der Waals surface area contributed by atoms with Gasteiger partial charge in [0.25, 0.3) is 5.91 Å². The predicted octanol–water partition coefficient (Wildman–Crippen LogP) is 1.68. The number of rotatable bonds is 1. The van der Waals surface area contributed by atoms with Gasteiger partial charge in [-0.1, -0.05) is 0 Å². The van der Waals surface area contributed by atoms with Crippen molar-refractivity contribution < 1.29 is 18.0 Å². The smallest absolute Gasteiger partial charge is 0.363 e. The molecule has 0 radical (unpaired) electrons. The van der Waals surface area contributed by atoms with E-state index < -0.39 is 17.6 Å². The molecule has 0 aliphatic carbocycles. The van der Waals surface area contributed by atoms with Gasteiger partial charge in [0.1, 0.15) is 0 Å². The molecule has 0 fully saturated rings. The molecule has 0 unspecified atom stereocenters. The average molecular weight is 229 g/mol. The molecular weight excluding hydrogens is 223 g/mol. The summed E-state index contributed by atoms with van der Waals surface area (Å²) in [5.41, 5.74) is 4.52. The van der Waals surface area contributed by atoms with E-state index >= 15 is 0 Å². The molecule has 0 bridgehead atoms. The zero-order valence-corrected chi connectivity index (χ0v) is 7.80. The monoisotopic (exact) mass is 229 g/mol. The Hall–Kier alpha value is -2.05. The number of benzene rings is 1. The van der Waals surface area contributed by atoms with Crippen LogP contribution in [0.2, 0.25) is 0 Å². The van der Waals surface area contributed by atoms with Gasteiger partial charge in [0.15, 0.2) is 5.82 Å². The van der Waals surface area contributed by atoms with E-state index in [-0.39, 0.29) is 11.3 Å². The summed E-state index contributed by atoms with van der Waals surface area (Å²) in [7, 11) is 0. The zero-order chi connectivity index (χ0) is 11.9. The molecule has 0 aliphatic rings. The van der Waals surface area contributed by atoms with Crippen LogP contribution in [0, 0.1) is 0 Å². The number of carbonyl (C=O) groups excluding carboxylic acids is 1. The number of imidazole rings is 1. The lowest BCUT2D eigenvalue weighted by molar-refractivity contribution is -0.137. The van der Waals surface area contributed by atoms with Gasteiger partial charge in [-0.25, -0.2) is 4.98 Å². The predicted molar refractivity (Wildman–Crippen MR) is 49.6 cm³/mol. The highest BCUT2D eigenvalue weighted by atomic mass is 19.4. The number of hydrogen-bond acceptors (Lipinski definition) is 2. The molecule has 0 atom stereocenters. The standard InChI is InChI=1S/C9H6F3N3O/c10-9(11,12)4-1-2-5-6(3-4)15-8(14-5)7(13)16/h1-3H,(H2,13,16)(H,14,15). The first-order valence-corrected chi connectivity index (χ1v) is 4.24. The van der Waals surface area contributed by atoms with Crippen molar-refractivity contribution in [3.8, 4) is 0 Å². The van der Waals surface area contributed by atoms with Gasteiger partial charge in [-0.15, -0.1) is 0 Å². The van der Waals surface area contributed by atoms with Crippen LogP contribution in [-0.2, 0) is 6.18 Å². The van der Waals surface area contributed by atoms with E-state index in [0.717, 1.165) is 12.1 Å². The van der Waals surface area contributed by atoms with Gasteiger partial charge in [-0.05, 0) is 18.2 Å². The average Bonchev–Trinajstić information content (AvgIpc) is 2.58. The number of primary amides is 1. The van der Waals surface area contributed by atoms with Crippen molar-refractivity contribution in [3.05, 3.63) is 29.6 Å². The first-order valence-electron chi connectivity index (χ1n) is 4.24. The Bertz CT molecular complexity index is 559. The van der Waals surface area contributed by atoms with Crippen molar-refractivity contribution >= 4 is 16.9 Å². The molecule has 7 heteroatoms. The maximum atomic E-state index is 12.4.